The minimum absolute atomic E-state index is 0.0476. The van der Waals surface area contributed by atoms with E-state index < -0.39 is 26.5 Å². The Morgan fingerprint density at radius 2 is 0.663 bits per heavy atom. The summed E-state index contributed by atoms with van der Waals surface area (Å²) in [6.07, 6.45) is 92.2. The van der Waals surface area contributed by atoms with E-state index in [1.807, 2.05) is 0 Å². The molecule has 0 bridgehead atoms. The average molecular weight is 1180 g/mol. The zero-order valence-electron chi connectivity index (χ0n) is 53.9. The van der Waals surface area contributed by atoms with Crippen molar-refractivity contribution in [3.05, 3.63) is 97.2 Å². The van der Waals surface area contributed by atoms with Crippen molar-refractivity contribution in [1.29, 1.82) is 0 Å². The fraction of sp³-hybridized carbons (Fsp3) is 0.753. The van der Waals surface area contributed by atoms with Gasteiger partial charge in [0.1, 0.15) is 6.61 Å². The molecule has 0 aliphatic heterocycles. The summed E-state index contributed by atoms with van der Waals surface area (Å²) in [5, 5.41) is 0. The Morgan fingerprint density at radius 1 is 0.373 bits per heavy atom. The zero-order valence-corrected chi connectivity index (χ0v) is 54.8. The molecule has 0 aromatic rings. The third-order valence-electron chi connectivity index (χ3n) is 15.0. The monoisotopic (exact) mass is 1180 g/mol. The van der Waals surface area contributed by atoms with Crippen molar-refractivity contribution < 1.29 is 37.6 Å². The van der Waals surface area contributed by atoms with Gasteiger partial charge in [0.25, 0.3) is 0 Å². The summed E-state index contributed by atoms with van der Waals surface area (Å²) in [5.74, 6) is -0.837. The van der Waals surface area contributed by atoms with Crippen LogP contribution in [0, 0.1) is 0 Å². The Labute approximate surface area is 512 Å². The molecule has 83 heavy (non-hydrogen) atoms. The molecule has 480 valence electrons. The van der Waals surface area contributed by atoms with E-state index in [0.29, 0.717) is 6.42 Å². The van der Waals surface area contributed by atoms with Gasteiger partial charge in [-0.2, -0.15) is 0 Å². The van der Waals surface area contributed by atoms with Crippen LogP contribution < -0.4 is 5.73 Å². The van der Waals surface area contributed by atoms with Gasteiger partial charge in [0.2, 0.25) is 0 Å². The first-order chi connectivity index (χ1) is 40.8. The van der Waals surface area contributed by atoms with Crippen molar-refractivity contribution in [3.63, 3.8) is 0 Å². The van der Waals surface area contributed by atoms with Crippen molar-refractivity contribution >= 4 is 19.8 Å². The lowest BCUT2D eigenvalue weighted by Crippen LogP contribution is -2.29. The molecule has 0 spiro atoms. The van der Waals surface area contributed by atoms with Crippen molar-refractivity contribution in [3.8, 4) is 0 Å². The number of phosphoric acid groups is 1. The molecule has 0 aliphatic carbocycles. The van der Waals surface area contributed by atoms with E-state index in [4.69, 9.17) is 24.3 Å². The molecule has 0 aromatic carbocycles. The number of phosphoric ester groups is 1. The molecule has 0 amide bonds. The summed E-state index contributed by atoms with van der Waals surface area (Å²) in [4.78, 5) is 35.3. The normalized spacial score (nSPS) is 13.5. The summed E-state index contributed by atoms with van der Waals surface area (Å²) >= 11 is 0. The summed E-state index contributed by atoms with van der Waals surface area (Å²) < 4.78 is 33.1. The molecule has 2 atom stereocenters. The highest BCUT2D eigenvalue weighted by Gasteiger charge is 2.26. The van der Waals surface area contributed by atoms with E-state index in [0.717, 1.165) is 103 Å². The highest BCUT2D eigenvalue weighted by atomic mass is 31.2. The Bertz CT molecular complexity index is 1680. The van der Waals surface area contributed by atoms with Crippen LogP contribution in [-0.4, -0.2) is 49.3 Å². The first kappa shape index (κ1) is 79.9. The summed E-state index contributed by atoms with van der Waals surface area (Å²) in [6.45, 7) is 3.63. The number of ether oxygens (including phenoxy) is 2. The van der Waals surface area contributed by atoms with Crippen LogP contribution in [0.4, 0.5) is 0 Å². The molecule has 9 nitrogen and oxygen atoms in total. The summed E-state index contributed by atoms with van der Waals surface area (Å²) in [5.41, 5.74) is 5.40. The van der Waals surface area contributed by atoms with Crippen LogP contribution in [0.15, 0.2) is 97.2 Å². The Hall–Kier alpha value is -3.07. The number of allylic oxidation sites excluding steroid dienone is 16. The average Bonchev–Trinajstić information content (AvgIpc) is 3.49. The van der Waals surface area contributed by atoms with Gasteiger partial charge in [-0.3, -0.25) is 18.6 Å². The minimum Gasteiger partial charge on any atom is -0.462 e. The molecule has 0 fully saturated rings. The van der Waals surface area contributed by atoms with Gasteiger partial charge < -0.3 is 20.1 Å². The second kappa shape index (κ2) is 68.0. The summed E-state index contributed by atoms with van der Waals surface area (Å²) in [7, 11) is -4.40. The smallest absolute Gasteiger partial charge is 0.462 e. The van der Waals surface area contributed by atoms with Crippen LogP contribution in [0.1, 0.15) is 322 Å². The number of carbonyl (C=O) groups excluding carboxylic acids is 2. The second-order valence-electron chi connectivity index (χ2n) is 23.0. The van der Waals surface area contributed by atoms with E-state index in [2.05, 4.69) is 111 Å². The van der Waals surface area contributed by atoms with Gasteiger partial charge in [-0.25, -0.2) is 4.57 Å². The van der Waals surface area contributed by atoms with Gasteiger partial charge in [0.05, 0.1) is 13.2 Å². The number of esters is 2. The SMILES string of the molecule is CC/C=C\C/C=C\C/C=C\C/C=C\C/C=C\C/C=C\CCCCCCCCC(=O)OC(COC(=O)CCCCCCCCCCCCCCCCCCCCCCCCCCC/C=C\C/C=C\CCCCCCC)COP(=O)(O)OCCN. The van der Waals surface area contributed by atoms with Crippen LogP contribution >= 0.6 is 7.82 Å². The van der Waals surface area contributed by atoms with E-state index in [1.54, 1.807) is 0 Å². The number of unbranched alkanes of at least 4 members (excludes halogenated alkanes) is 36. The molecule has 0 saturated carbocycles. The Balaban J connectivity index is 3.85. The maximum absolute atomic E-state index is 12.7. The van der Waals surface area contributed by atoms with E-state index in [-0.39, 0.29) is 38.6 Å². The van der Waals surface area contributed by atoms with E-state index in [1.165, 1.54) is 186 Å². The lowest BCUT2D eigenvalue weighted by Gasteiger charge is -2.19. The first-order valence-electron chi connectivity index (χ1n) is 34.7. The van der Waals surface area contributed by atoms with Gasteiger partial charge in [-0.15, -0.1) is 0 Å². The van der Waals surface area contributed by atoms with Crippen molar-refractivity contribution in [1.82, 2.24) is 0 Å². The lowest BCUT2D eigenvalue weighted by atomic mass is 10.0. The molecule has 0 rings (SSSR count). The predicted molar refractivity (Wildman–Crippen MR) is 358 cm³/mol. The lowest BCUT2D eigenvalue weighted by molar-refractivity contribution is -0.161. The van der Waals surface area contributed by atoms with Gasteiger partial charge in [0.15, 0.2) is 6.10 Å². The quantitative estimate of drug-likeness (QED) is 0.0264. The van der Waals surface area contributed by atoms with Gasteiger partial charge in [-0.05, 0) is 96.3 Å². The van der Waals surface area contributed by atoms with Crippen molar-refractivity contribution in [2.24, 2.45) is 5.73 Å². The van der Waals surface area contributed by atoms with Gasteiger partial charge in [-0.1, -0.05) is 310 Å². The van der Waals surface area contributed by atoms with Crippen LogP contribution in [0.5, 0.6) is 0 Å². The standard InChI is InChI=1S/C73H130NO8P/c1-3-5-7-9-11-13-15-17-19-21-23-25-27-29-30-31-32-33-34-35-36-37-38-39-40-42-43-45-47-49-51-53-55-57-59-61-63-65-72(75)79-69-71(70-81-83(77,78)80-68-67-74)82-73(76)66-64-62-60-58-56-54-52-50-48-46-44-41-28-26-24-22-20-18-16-14-12-10-8-6-4-2/h6,8,12,14-15,17-18,20-21,23-24,26,41,44,48,50,71H,3-5,7,9-11,13,16,19,22,25,27-40,42-43,45-47,49,51-70,74H2,1-2H3,(H,77,78)/b8-6-,14-12-,17-15-,20-18-,23-21-,26-24-,44-41-,50-48-. The molecule has 3 N–H and O–H groups in total. The maximum Gasteiger partial charge on any atom is 0.472 e. The Kier molecular flexibility index (Phi) is 65.5. The maximum atomic E-state index is 12.7. The molecule has 0 radical (unpaired) electrons. The number of rotatable bonds is 65. The van der Waals surface area contributed by atoms with Crippen molar-refractivity contribution in [2.75, 3.05) is 26.4 Å². The molecule has 0 aromatic heterocycles. The fourth-order valence-electron chi connectivity index (χ4n) is 9.85. The minimum atomic E-state index is -4.40. The van der Waals surface area contributed by atoms with Gasteiger partial charge >= 0.3 is 19.8 Å². The molecule has 0 saturated heterocycles. The van der Waals surface area contributed by atoms with Gasteiger partial charge in [0, 0.05) is 19.4 Å². The van der Waals surface area contributed by atoms with E-state index in [9.17, 15) is 19.0 Å². The van der Waals surface area contributed by atoms with Crippen LogP contribution in [0.2, 0.25) is 0 Å². The number of carbonyl (C=O) groups is 2. The molecule has 10 heteroatoms. The number of hydrogen-bond donors (Lipinski definition) is 2. The number of hydrogen-bond acceptors (Lipinski definition) is 8. The molecule has 2 unspecified atom stereocenters. The molecule has 0 aliphatic rings. The predicted octanol–water partition coefficient (Wildman–Crippen LogP) is 22.7. The molecular weight excluding hydrogens is 1050 g/mol. The topological polar surface area (TPSA) is 134 Å². The second-order valence-corrected chi connectivity index (χ2v) is 24.5. The largest absolute Gasteiger partial charge is 0.472 e. The molecular formula is C73H130NO8P. The third-order valence-corrected chi connectivity index (χ3v) is 15.9. The van der Waals surface area contributed by atoms with Crippen LogP contribution in [0.3, 0.4) is 0 Å². The molecule has 0 heterocycles. The van der Waals surface area contributed by atoms with E-state index >= 15 is 0 Å². The van der Waals surface area contributed by atoms with Crippen LogP contribution in [-0.2, 0) is 32.7 Å². The first-order valence-corrected chi connectivity index (χ1v) is 36.2. The van der Waals surface area contributed by atoms with Crippen LogP contribution in [0.25, 0.3) is 0 Å². The highest BCUT2D eigenvalue weighted by molar-refractivity contribution is 7.47. The van der Waals surface area contributed by atoms with Crippen molar-refractivity contribution in [2.45, 2.75) is 328 Å². The summed E-state index contributed by atoms with van der Waals surface area (Å²) in [6, 6.07) is 0. The third kappa shape index (κ3) is 67.9. The highest BCUT2D eigenvalue weighted by Crippen LogP contribution is 2.43. The number of nitrogens with two attached hydrogens (primary N) is 1. The fourth-order valence-corrected chi connectivity index (χ4v) is 10.6. The Morgan fingerprint density at radius 3 is 0.988 bits per heavy atom. The zero-order chi connectivity index (χ0) is 60.1.